The van der Waals surface area contributed by atoms with Crippen molar-refractivity contribution in [1.29, 1.82) is 0 Å². The van der Waals surface area contributed by atoms with Crippen LogP contribution in [0, 0.1) is 0 Å². The largest absolute Gasteiger partial charge is 0.478 e. The lowest BCUT2D eigenvalue weighted by Crippen LogP contribution is -2.11. The van der Waals surface area contributed by atoms with E-state index in [4.69, 9.17) is 5.11 Å². The maximum Gasteiger partial charge on any atom is 0.431 e. The summed E-state index contributed by atoms with van der Waals surface area (Å²) in [5, 5.41) is 9.19. The molecular formula is C11H8F3NO2. The lowest BCUT2D eigenvalue weighted by molar-refractivity contribution is -0.142. The van der Waals surface area contributed by atoms with Gasteiger partial charge in [0, 0.05) is 12.4 Å². The van der Waals surface area contributed by atoms with E-state index in [9.17, 15) is 18.0 Å². The fraction of sp³-hybridized carbons (Fsp3) is 0.182. The van der Waals surface area contributed by atoms with Gasteiger partial charge >= 0.3 is 12.1 Å². The van der Waals surface area contributed by atoms with Crippen LogP contribution in [-0.2, 0) is 13.2 Å². The minimum Gasteiger partial charge on any atom is -0.478 e. The van der Waals surface area contributed by atoms with Gasteiger partial charge in [0.15, 0.2) is 0 Å². The SMILES string of the molecule is Cn1c(C(F)(F)F)cc2cccc(C(=O)O)c21. The molecule has 0 saturated heterocycles. The Bertz CT molecular complexity index is 599. The van der Waals surface area contributed by atoms with Gasteiger partial charge in [0.2, 0.25) is 0 Å². The molecule has 2 rings (SSSR count). The normalized spacial score (nSPS) is 12.0. The van der Waals surface area contributed by atoms with Gasteiger partial charge in [-0.3, -0.25) is 0 Å². The van der Waals surface area contributed by atoms with Crippen molar-refractivity contribution < 1.29 is 23.1 Å². The zero-order valence-electron chi connectivity index (χ0n) is 8.75. The number of benzene rings is 1. The van der Waals surface area contributed by atoms with Crippen molar-refractivity contribution in [1.82, 2.24) is 4.57 Å². The molecule has 3 nitrogen and oxygen atoms in total. The van der Waals surface area contributed by atoms with Crippen molar-refractivity contribution in [3.63, 3.8) is 0 Å². The molecule has 0 fully saturated rings. The number of carboxylic acids is 1. The minimum absolute atomic E-state index is 0.0762. The summed E-state index contributed by atoms with van der Waals surface area (Å²) in [5.74, 6) is -1.24. The van der Waals surface area contributed by atoms with Gasteiger partial charge in [-0.2, -0.15) is 13.2 Å². The predicted molar refractivity (Wildman–Crippen MR) is 54.9 cm³/mol. The van der Waals surface area contributed by atoms with Crippen LogP contribution >= 0.6 is 0 Å². The molecule has 0 unspecified atom stereocenters. The molecule has 0 radical (unpaired) electrons. The second-order valence-electron chi connectivity index (χ2n) is 3.63. The number of rotatable bonds is 1. The second-order valence-corrected chi connectivity index (χ2v) is 3.63. The number of carbonyl (C=O) groups is 1. The van der Waals surface area contributed by atoms with Crippen LogP contribution in [0.4, 0.5) is 13.2 Å². The van der Waals surface area contributed by atoms with Crippen LogP contribution < -0.4 is 0 Å². The number of para-hydroxylation sites is 1. The lowest BCUT2D eigenvalue weighted by Gasteiger charge is -2.08. The first-order chi connectivity index (χ1) is 7.82. The van der Waals surface area contributed by atoms with Crippen molar-refractivity contribution >= 4 is 16.9 Å². The highest BCUT2D eigenvalue weighted by molar-refractivity contribution is 6.02. The summed E-state index contributed by atoms with van der Waals surface area (Å²) >= 11 is 0. The third-order valence-electron chi connectivity index (χ3n) is 2.58. The molecular weight excluding hydrogens is 235 g/mol. The van der Waals surface area contributed by atoms with E-state index >= 15 is 0 Å². The van der Waals surface area contributed by atoms with E-state index in [2.05, 4.69) is 0 Å². The van der Waals surface area contributed by atoms with Gasteiger partial charge in [-0.05, 0) is 12.1 Å². The van der Waals surface area contributed by atoms with E-state index in [1.54, 1.807) is 0 Å². The number of hydrogen-bond acceptors (Lipinski definition) is 1. The van der Waals surface area contributed by atoms with E-state index in [0.717, 1.165) is 10.6 Å². The number of halogens is 3. The first kappa shape index (κ1) is 11.5. The maximum atomic E-state index is 12.7. The highest BCUT2D eigenvalue weighted by atomic mass is 19.4. The maximum absolute atomic E-state index is 12.7. The molecule has 1 aromatic heterocycles. The van der Waals surface area contributed by atoms with E-state index < -0.39 is 17.8 Å². The predicted octanol–water partition coefficient (Wildman–Crippen LogP) is 2.90. The smallest absolute Gasteiger partial charge is 0.431 e. The third-order valence-corrected chi connectivity index (χ3v) is 2.58. The number of aryl methyl sites for hydroxylation is 1. The van der Waals surface area contributed by atoms with Crippen molar-refractivity contribution in [2.75, 3.05) is 0 Å². The van der Waals surface area contributed by atoms with Crippen LogP contribution in [-0.4, -0.2) is 15.6 Å². The molecule has 6 heteroatoms. The monoisotopic (exact) mass is 243 g/mol. The molecule has 2 aromatic rings. The number of nitrogens with zero attached hydrogens (tertiary/aromatic N) is 1. The van der Waals surface area contributed by atoms with Crippen LogP contribution in [0.5, 0.6) is 0 Å². The molecule has 0 aliphatic carbocycles. The van der Waals surface area contributed by atoms with Crippen molar-refractivity contribution in [2.24, 2.45) is 7.05 Å². The van der Waals surface area contributed by atoms with E-state index in [1.807, 2.05) is 0 Å². The quantitative estimate of drug-likeness (QED) is 0.836. The highest BCUT2D eigenvalue weighted by Crippen LogP contribution is 2.34. The Balaban J connectivity index is 2.84. The summed E-state index contributed by atoms with van der Waals surface area (Å²) in [6.07, 6.45) is -4.50. The molecule has 0 saturated carbocycles. The van der Waals surface area contributed by atoms with Crippen molar-refractivity contribution in [3.05, 3.63) is 35.5 Å². The molecule has 1 N–H and O–H groups in total. The number of fused-ring (bicyclic) bond motifs is 1. The average Bonchev–Trinajstić information content (AvgIpc) is 2.55. The molecule has 0 bridgehead atoms. The summed E-state index contributed by atoms with van der Waals surface area (Å²) in [7, 11) is 1.21. The van der Waals surface area contributed by atoms with Crippen LogP contribution in [0.3, 0.4) is 0 Å². The summed E-state index contributed by atoms with van der Waals surface area (Å²) in [6, 6.07) is 5.11. The summed E-state index contributed by atoms with van der Waals surface area (Å²) in [5.41, 5.74) is -0.922. The Morgan fingerprint density at radius 3 is 2.53 bits per heavy atom. The summed E-state index contributed by atoms with van der Waals surface area (Å²) in [4.78, 5) is 10.9. The number of carboxylic acid groups (broad SMARTS) is 1. The minimum atomic E-state index is -4.50. The summed E-state index contributed by atoms with van der Waals surface area (Å²) < 4.78 is 38.8. The number of aromatic carboxylic acids is 1. The first-order valence-electron chi connectivity index (χ1n) is 4.71. The van der Waals surface area contributed by atoms with Crippen LogP contribution in [0.1, 0.15) is 16.1 Å². The van der Waals surface area contributed by atoms with Crippen LogP contribution in [0.2, 0.25) is 0 Å². The molecule has 0 aliphatic heterocycles. The lowest BCUT2D eigenvalue weighted by atomic mass is 10.1. The Kier molecular flexibility index (Phi) is 2.38. The number of hydrogen-bond donors (Lipinski definition) is 1. The topological polar surface area (TPSA) is 42.2 Å². The second kappa shape index (κ2) is 3.51. The van der Waals surface area contributed by atoms with Gasteiger partial charge in [0.25, 0.3) is 0 Å². The van der Waals surface area contributed by atoms with Crippen molar-refractivity contribution in [3.8, 4) is 0 Å². The molecule has 0 atom stereocenters. The molecule has 0 aliphatic rings. The van der Waals surface area contributed by atoms with E-state index in [-0.39, 0.29) is 16.5 Å². The van der Waals surface area contributed by atoms with Gasteiger partial charge in [-0.25, -0.2) is 4.79 Å². The molecule has 0 amide bonds. The fourth-order valence-corrected chi connectivity index (χ4v) is 1.86. The Hall–Kier alpha value is -1.98. The molecule has 0 spiro atoms. The zero-order valence-corrected chi connectivity index (χ0v) is 8.75. The van der Waals surface area contributed by atoms with Gasteiger partial charge in [0.1, 0.15) is 5.69 Å². The number of alkyl halides is 3. The van der Waals surface area contributed by atoms with E-state index in [1.165, 1.54) is 25.2 Å². The molecule has 90 valence electrons. The van der Waals surface area contributed by atoms with Crippen LogP contribution in [0.15, 0.2) is 24.3 Å². The molecule has 1 heterocycles. The standard InChI is InChI=1S/C11H8F3NO2/c1-15-8(11(12,13)14)5-6-3-2-4-7(9(6)15)10(16)17/h2-5H,1H3,(H,16,17). The van der Waals surface area contributed by atoms with E-state index in [0.29, 0.717) is 0 Å². The third kappa shape index (κ3) is 1.75. The van der Waals surface area contributed by atoms with Gasteiger partial charge in [-0.15, -0.1) is 0 Å². The summed E-state index contributed by atoms with van der Waals surface area (Å²) in [6.45, 7) is 0. The van der Waals surface area contributed by atoms with Crippen LogP contribution in [0.25, 0.3) is 10.9 Å². The number of aromatic nitrogens is 1. The zero-order chi connectivity index (χ0) is 12.8. The average molecular weight is 243 g/mol. The van der Waals surface area contributed by atoms with Gasteiger partial charge in [0.05, 0.1) is 11.1 Å². The Morgan fingerprint density at radius 1 is 1.35 bits per heavy atom. The Labute approximate surface area is 94.1 Å². The molecule has 1 aromatic carbocycles. The Morgan fingerprint density at radius 2 is 2.00 bits per heavy atom. The van der Waals surface area contributed by atoms with Gasteiger partial charge in [-0.1, -0.05) is 12.1 Å². The fourth-order valence-electron chi connectivity index (χ4n) is 1.86. The highest BCUT2D eigenvalue weighted by Gasteiger charge is 2.35. The molecule has 17 heavy (non-hydrogen) atoms. The van der Waals surface area contributed by atoms with Gasteiger partial charge < -0.3 is 9.67 Å². The van der Waals surface area contributed by atoms with Crippen molar-refractivity contribution in [2.45, 2.75) is 6.18 Å². The first-order valence-corrected chi connectivity index (χ1v) is 4.71.